The van der Waals surface area contributed by atoms with Crippen molar-refractivity contribution in [2.75, 3.05) is 19.6 Å². The third-order valence-corrected chi connectivity index (χ3v) is 3.33. The average molecular weight is 262 g/mol. The molecule has 2 saturated heterocycles. The van der Waals surface area contributed by atoms with Gasteiger partial charge in [0.1, 0.15) is 6.04 Å². The van der Waals surface area contributed by atoms with E-state index >= 15 is 0 Å². The van der Waals surface area contributed by atoms with Crippen molar-refractivity contribution in [3.05, 3.63) is 0 Å². The van der Waals surface area contributed by atoms with Crippen LogP contribution in [-0.2, 0) is 9.59 Å². The van der Waals surface area contributed by atoms with E-state index in [0.717, 1.165) is 26.1 Å². The second-order valence-corrected chi connectivity index (χ2v) is 4.83. The van der Waals surface area contributed by atoms with E-state index in [1.807, 2.05) is 18.7 Å². The molecule has 2 amide bonds. The van der Waals surface area contributed by atoms with Crippen molar-refractivity contribution in [1.82, 2.24) is 15.5 Å². The van der Waals surface area contributed by atoms with E-state index < -0.39 is 0 Å². The van der Waals surface area contributed by atoms with Crippen LogP contribution in [0.15, 0.2) is 0 Å². The number of amides is 2. The largest absolute Gasteiger partial charge is 0.344 e. The molecule has 0 aromatic rings. The molecule has 17 heavy (non-hydrogen) atoms. The predicted molar refractivity (Wildman–Crippen MR) is 67.0 cm³/mol. The first-order valence-corrected chi connectivity index (χ1v) is 5.91. The topological polar surface area (TPSA) is 61.4 Å². The summed E-state index contributed by atoms with van der Waals surface area (Å²) in [5, 5.41) is 5.89. The summed E-state index contributed by atoms with van der Waals surface area (Å²) in [4.78, 5) is 25.4. The van der Waals surface area contributed by atoms with Gasteiger partial charge in [-0.15, -0.1) is 12.4 Å². The molecule has 0 aromatic carbocycles. The Kier molecular flexibility index (Phi) is 4.77. The Labute approximate surface area is 108 Å². The van der Waals surface area contributed by atoms with Crippen LogP contribution in [-0.4, -0.2) is 48.4 Å². The number of nitrogens with one attached hydrogen (secondary N) is 2. The molecule has 2 aliphatic heterocycles. The van der Waals surface area contributed by atoms with Gasteiger partial charge in [-0.3, -0.25) is 9.59 Å². The lowest BCUT2D eigenvalue weighted by Crippen LogP contribution is -2.54. The van der Waals surface area contributed by atoms with Gasteiger partial charge >= 0.3 is 0 Å². The fourth-order valence-electron chi connectivity index (χ4n) is 2.11. The molecule has 0 saturated carbocycles. The van der Waals surface area contributed by atoms with Gasteiger partial charge in [-0.1, -0.05) is 0 Å². The fraction of sp³-hybridized carbons (Fsp3) is 0.818. The lowest BCUT2D eigenvalue weighted by atomic mass is 10.0. The standard InChI is InChI=1S/C11H19N3O2.ClH/c1-7(2)14-4-3-9(11(14)16)13-10(15)8-5-12-6-8;/h7-9,12H,3-6H2,1-2H3,(H,13,15);1H. The van der Waals surface area contributed by atoms with Gasteiger partial charge in [-0.25, -0.2) is 0 Å². The summed E-state index contributed by atoms with van der Waals surface area (Å²) < 4.78 is 0. The molecule has 1 unspecified atom stereocenters. The molecular formula is C11H20ClN3O2. The highest BCUT2D eigenvalue weighted by atomic mass is 35.5. The lowest BCUT2D eigenvalue weighted by molar-refractivity contribution is -0.135. The van der Waals surface area contributed by atoms with Crippen LogP contribution in [0.25, 0.3) is 0 Å². The molecule has 0 bridgehead atoms. The molecule has 0 radical (unpaired) electrons. The highest BCUT2D eigenvalue weighted by Crippen LogP contribution is 2.15. The Morgan fingerprint density at radius 1 is 1.47 bits per heavy atom. The first kappa shape index (κ1) is 14.3. The second-order valence-electron chi connectivity index (χ2n) is 4.83. The van der Waals surface area contributed by atoms with Gasteiger partial charge in [-0.2, -0.15) is 0 Å². The molecular weight excluding hydrogens is 242 g/mol. The predicted octanol–water partition coefficient (Wildman–Crippen LogP) is -0.247. The molecule has 2 N–H and O–H groups in total. The molecule has 2 rings (SSSR count). The van der Waals surface area contributed by atoms with Crippen molar-refractivity contribution in [2.24, 2.45) is 5.92 Å². The minimum atomic E-state index is -0.296. The Hall–Kier alpha value is -0.810. The second kappa shape index (κ2) is 5.69. The SMILES string of the molecule is CC(C)N1CCC(NC(=O)C2CNC2)C1=O.Cl. The van der Waals surface area contributed by atoms with E-state index in [-0.39, 0.29) is 42.2 Å². The molecule has 0 spiro atoms. The number of rotatable bonds is 3. The van der Waals surface area contributed by atoms with E-state index in [0.29, 0.717) is 0 Å². The zero-order chi connectivity index (χ0) is 11.7. The van der Waals surface area contributed by atoms with Gasteiger partial charge in [0.2, 0.25) is 11.8 Å². The highest BCUT2D eigenvalue weighted by Gasteiger charge is 2.36. The normalized spacial score (nSPS) is 24.5. The van der Waals surface area contributed by atoms with Crippen molar-refractivity contribution in [3.63, 3.8) is 0 Å². The van der Waals surface area contributed by atoms with Crippen LogP contribution < -0.4 is 10.6 Å². The van der Waals surface area contributed by atoms with E-state index in [9.17, 15) is 9.59 Å². The van der Waals surface area contributed by atoms with Gasteiger partial charge in [0.25, 0.3) is 0 Å². The number of likely N-dealkylation sites (tertiary alicyclic amines) is 1. The molecule has 6 heteroatoms. The van der Waals surface area contributed by atoms with Crippen LogP contribution in [0.1, 0.15) is 20.3 Å². The maximum Gasteiger partial charge on any atom is 0.245 e. The number of carbonyl (C=O) groups is 2. The summed E-state index contributed by atoms with van der Waals surface area (Å²) in [6, 6.07) is -0.0738. The number of hydrogen-bond acceptors (Lipinski definition) is 3. The number of nitrogens with zero attached hydrogens (tertiary/aromatic N) is 1. The lowest BCUT2D eigenvalue weighted by Gasteiger charge is -2.27. The average Bonchev–Trinajstić information content (AvgIpc) is 2.44. The van der Waals surface area contributed by atoms with Crippen LogP contribution in [0.5, 0.6) is 0 Å². The van der Waals surface area contributed by atoms with Crippen LogP contribution in [0.2, 0.25) is 0 Å². The highest BCUT2D eigenvalue weighted by molar-refractivity contribution is 5.90. The smallest absolute Gasteiger partial charge is 0.245 e. The third kappa shape index (κ3) is 2.90. The summed E-state index contributed by atoms with van der Waals surface area (Å²) in [6.45, 7) is 6.22. The van der Waals surface area contributed by atoms with E-state index in [1.165, 1.54) is 0 Å². The zero-order valence-electron chi connectivity index (χ0n) is 10.2. The quantitative estimate of drug-likeness (QED) is 0.737. The van der Waals surface area contributed by atoms with E-state index in [1.54, 1.807) is 0 Å². The molecule has 98 valence electrons. The number of halogens is 1. The summed E-state index contributed by atoms with van der Waals surface area (Å²) in [5.74, 6) is 0.138. The molecule has 0 aliphatic carbocycles. The van der Waals surface area contributed by atoms with Gasteiger partial charge in [0.05, 0.1) is 5.92 Å². The van der Waals surface area contributed by atoms with Crippen molar-refractivity contribution in [3.8, 4) is 0 Å². The van der Waals surface area contributed by atoms with E-state index in [4.69, 9.17) is 0 Å². The van der Waals surface area contributed by atoms with Crippen molar-refractivity contribution in [2.45, 2.75) is 32.4 Å². The van der Waals surface area contributed by atoms with Crippen molar-refractivity contribution < 1.29 is 9.59 Å². The molecule has 2 heterocycles. The summed E-state index contributed by atoms with van der Waals surface area (Å²) >= 11 is 0. The fourth-order valence-corrected chi connectivity index (χ4v) is 2.11. The third-order valence-electron chi connectivity index (χ3n) is 3.33. The number of carbonyl (C=O) groups excluding carboxylic acids is 2. The molecule has 5 nitrogen and oxygen atoms in total. The minimum absolute atomic E-state index is 0. The summed E-state index contributed by atoms with van der Waals surface area (Å²) in [6.07, 6.45) is 0.739. The van der Waals surface area contributed by atoms with Crippen molar-refractivity contribution >= 4 is 24.2 Å². The van der Waals surface area contributed by atoms with Gasteiger partial charge in [0, 0.05) is 25.7 Å². The molecule has 0 aromatic heterocycles. The maximum atomic E-state index is 11.9. The Morgan fingerprint density at radius 2 is 2.12 bits per heavy atom. The van der Waals surface area contributed by atoms with Gasteiger partial charge in [-0.05, 0) is 20.3 Å². The van der Waals surface area contributed by atoms with Crippen LogP contribution in [0.3, 0.4) is 0 Å². The Bertz CT molecular complexity index is 305. The Morgan fingerprint density at radius 3 is 2.53 bits per heavy atom. The van der Waals surface area contributed by atoms with Crippen LogP contribution in [0.4, 0.5) is 0 Å². The monoisotopic (exact) mass is 261 g/mol. The Balaban J connectivity index is 0.00000144. The number of hydrogen-bond donors (Lipinski definition) is 2. The van der Waals surface area contributed by atoms with Gasteiger partial charge in [0.15, 0.2) is 0 Å². The zero-order valence-corrected chi connectivity index (χ0v) is 11.0. The maximum absolute atomic E-state index is 11.9. The minimum Gasteiger partial charge on any atom is -0.344 e. The summed E-state index contributed by atoms with van der Waals surface area (Å²) in [7, 11) is 0. The van der Waals surface area contributed by atoms with Gasteiger partial charge < -0.3 is 15.5 Å². The molecule has 2 fully saturated rings. The van der Waals surface area contributed by atoms with Crippen molar-refractivity contribution in [1.29, 1.82) is 0 Å². The first-order valence-electron chi connectivity index (χ1n) is 5.91. The molecule has 1 atom stereocenters. The first-order chi connectivity index (χ1) is 7.59. The van der Waals surface area contributed by atoms with Crippen LogP contribution >= 0.6 is 12.4 Å². The molecule has 2 aliphatic rings. The summed E-state index contributed by atoms with van der Waals surface area (Å²) in [5.41, 5.74) is 0. The van der Waals surface area contributed by atoms with Crippen LogP contribution in [0, 0.1) is 5.92 Å². The van der Waals surface area contributed by atoms with E-state index in [2.05, 4.69) is 10.6 Å².